The fourth-order valence-corrected chi connectivity index (χ4v) is 3.65. The smallest absolute Gasteiger partial charge is 0.261 e. The Balaban J connectivity index is 1.67. The molecule has 0 radical (unpaired) electrons. The number of hydrogen-bond acceptors (Lipinski definition) is 10. The van der Waals surface area contributed by atoms with Gasteiger partial charge in [0.2, 0.25) is 17.8 Å². The number of hydrogen-bond donors (Lipinski definition) is 3. The number of nitrogens with zero attached hydrogens (tertiary/aromatic N) is 7. The number of aromatic nitrogens is 6. The first-order valence-electron chi connectivity index (χ1n) is 10.3. The molecule has 0 bridgehead atoms. The first-order valence-corrected chi connectivity index (χ1v) is 11.3. The number of carbonyl (C=O) groups excluding carboxylic acids is 1. The summed E-state index contributed by atoms with van der Waals surface area (Å²) in [5, 5.41) is 18.0. The van der Waals surface area contributed by atoms with Crippen molar-refractivity contribution >= 4 is 46.8 Å². The first kappa shape index (κ1) is 22.5. The van der Waals surface area contributed by atoms with Gasteiger partial charge >= 0.3 is 0 Å². The number of amides is 1. The van der Waals surface area contributed by atoms with E-state index in [0.717, 1.165) is 18.9 Å². The summed E-state index contributed by atoms with van der Waals surface area (Å²) in [6.45, 7) is 11.3. The van der Waals surface area contributed by atoms with Crippen LogP contribution in [0.25, 0.3) is 5.78 Å². The second kappa shape index (κ2) is 10.8. The lowest BCUT2D eigenvalue weighted by molar-refractivity contribution is -0.113. The average molecular weight is 445 g/mol. The predicted octanol–water partition coefficient (Wildman–Crippen LogP) is 2.35. The van der Waals surface area contributed by atoms with Crippen LogP contribution in [-0.4, -0.2) is 67.4 Å². The van der Waals surface area contributed by atoms with Gasteiger partial charge in [-0.1, -0.05) is 11.8 Å². The van der Waals surface area contributed by atoms with Crippen LogP contribution in [-0.2, 0) is 4.79 Å². The minimum atomic E-state index is -0.158. The zero-order valence-corrected chi connectivity index (χ0v) is 19.0. The van der Waals surface area contributed by atoms with Gasteiger partial charge in [-0.2, -0.15) is 9.97 Å². The molecule has 12 heteroatoms. The molecule has 0 atom stereocenters. The van der Waals surface area contributed by atoms with Crippen molar-refractivity contribution < 1.29 is 4.79 Å². The van der Waals surface area contributed by atoms with Crippen molar-refractivity contribution in [3.8, 4) is 0 Å². The molecule has 3 N–H and O–H groups in total. The molecule has 0 aliphatic rings. The summed E-state index contributed by atoms with van der Waals surface area (Å²) < 4.78 is 1.71. The third-order valence-corrected chi connectivity index (χ3v) is 5.30. The van der Waals surface area contributed by atoms with Gasteiger partial charge < -0.3 is 20.9 Å². The number of fused-ring (bicyclic) bond motifs is 1. The highest BCUT2D eigenvalue weighted by Crippen LogP contribution is 2.21. The summed E-state index contributed by atoms with van der Waals surface area (Å²) in [6, 6.07) is 3.76. The van der Waals surface area contributed by atoms with Crippen LogP contribution in [0.4, 0.5) is 23.4 Å². The largest absolute Gasteiger partial charge is 0.357 e. The summed E-state index contributed by atoms with van der Waals surface area (Å²) in [7, 11) is 0. The Morgan fingerprint density at radius 1 is 1.06 bits per heavy atom. The Bertz CT molecular complexity index is 1000. The van der Waals surface area contributed by atoms with Gasteiger partial charge in [0.1, 0.15) is 5.82 Å². The zero-order valence-electron chi connectivity index (χ0n) is 18.2. The Labute approximate surface area is 185 Å². The van der Waals surface area contributed by atoms with Crippen molar-refractivity contribution in [2.24, 2.45) is 0 Å². The monoisotopic (exact) mass is 444 g/mol. The molecule has 0 spiro atoms. The van der Waals surface area contributed by atoms with Gasteiger partial charge in [-0.05, 0) is 39.8 Å². The third kappa shape index (κ3) is 5.51. The van der Waals surface area contributed by atoms with E-state index in [1.165, 1.54) is 11.8 Å². The highest BCUT2D eigenvalue weighted by atomic mass is 32.2. The van der Waals surface area contributed by atoms with Crippen molar-refractivity contribution in [3.05, 3.63) is 18.3 Å². The molecule has 3 aromatic rings. The highest BCUT2D eigenvalue weighted by Gasteiger charge is 2.16. The van der Waals surface area contributed by atoms with E-state index in [9.17, 15) is 4.79 Å². The Kier molecular flexibility index (Phi) is 7.82. The fraction of sp³-hybridized carbons (Fsp3) is 0.474. The molecular weight excluding hydrogens is 416 g/mol. The van der Waals surface area contributed by atoms with E-state index in [1.54, 1.807) is 10.6 Å². The van der Waals surface area contributed by atoms with Crippen LogP contribution >= 0.6 is 11.8 Å². The number of nitrogens with one attached hydrogen (secondary N) is 3. The van der Waals surface area contributed by atoms with Crippen LogP contribution in [0.1, 0.15) is 27.7 Å². The maximum atomic E-state index is 12.4. The molecule has 3 heterocycles. The van der Waals surface area contributed by atoms with Crippen LogP contribution in [0.5, 0.6) is 0 Å². The van der Waals surface area contributed by atoms with E-state index >= 15 is 0 Å². The fourth-order valence-electron chi connectivity index (χ4n) is 2.92. The molecule has 1 amide bonds. The Hall–Kier alpha value is -3.15. The van der Waals surface area contributed by atoms with Crippen molar-refractivity contribution in [2.45, 2.75) is 32.9 Å². The van der Waals surface area contributed by atoms with Gasteiger partial charge in [-0.3, -0.25) is 4.79 Å². The number of thioether (sulfide) groups is 1. The van der Waals surface area contributed by atoms with E-state index in [4.69, 9.17) is 0 Å². The molecule has 166 valence electrons. The zero-order chi connectivity index (χ0) is 22.2. The van der Waals surface area contributed by atoms with Crippen LogP contribution in [0.2, 0.25) is 0 Å². The SMILES string of the molecule is CCNc1nc(NCC)n2c(SCC(=O)Nc3ccc(N(CC)CC)nc3)nnc2n1. The number of rotatable bonds is 11. The standard InChI is InChI=1S/C19H28N10OS/c1-5-20-16-24-17(21-6-2)29-18(25-16)26-27-19(29)31-12-15(30)23-13-9-10-14(22-11-13)28(7-3)8-4/h9-11H,5-8,12H2,1-4H3,(H,23,30)(H2,20,21,24,25,26). The summed E-state index contributed by atoms with van der Waals surface area (Å²) in [5.41, 5.74) is 0.652. The molecule has 3 aromatic heterocycles. The van der Waals surface area contributed by atoms with Gasteiger partial charge in [0.25, 0.3) is 5.78 Å². The van der Waals surface area contributed by atoms with Crippen molar-refractivity contribution in [3.63, 3.8) is 0 Å². The summed E-state index contributed by atoms with van der Waals surface area (Å²) in [6.07, 6.45) is 1.67. The lowest BCUT2D eigenvalue weighted by atomic mass is 10.3. The highest BCUT2D eigenvalue weighted by molar-refractivity contribution is 7.99. The number of pyridine rings is 1. The molecule has 31 heavy (non-hydrogen) atoms. The summed E-state index contributed by atoms with van der Waals surface area (Å²) in [4.78, 5) is 27.8. The molecule has 0 fully saturated rings. The second-order valence-corrected chi connectivity index (χ2v) is 7.41. The first-order chi connectivity index (χ1) is 15.1. The molecular formula is C19H28N10OS. The molecule has 0 unspecified atom stereocenters. The number of carbonyl (C=O) groups is 1. The quantitative estimate of drug-likeness (QED) is 0.379. The normalized spacial score (nSPS) is 10.8. The van der Waals surface area contributed by atoms with Crippen LogP contribution in [0.3, 0.4) is 0 Å². The lowest BCUT2D eigenvalue weighted by Gasteiger charge is -2.19. The average Bonchev–Trinajstić information content (AvgIpc) is 3.18. The van der Waals surface area contributed by atoms with E-state index in [1.807, 2.05) is 26.0 Å². The van der Waals surface area contributed by atoms with Crippen molar-refractivity contribution in [1.29, 1.82) is 0 Å². The van der Waals surface area contributed by atoms with Crippen molar-refractivity contribution in [1.82, 2.24) is 29.5 Å². The van der Waals surface area contributed by atoms with E-state index < -0.39 is 0 Å². The number of anilines is 4. The molecule has 0 saturated carbocycles. The van der Waals surface area contributed by atoms with Gasteiger partial charge in [0, 0.05) is 26.2 Å². The third-order valence-electron chi connectivity index (χ3n) is 4.37. The molecule has 0 aliphatic carbocycles. The maximum Gasteiger partial charge on any atom is 0.261 e. The minimum Gasteiger partial charge on any atom is -0.357 e. The molecule has 0 saturated heterocycles. The Morgan fingerprint density at radius 3 is 2.48 bits per heavy atom. The van der Waals surface area contributed by atoms with Gasteiger partial charge in [0.15, 0.2) is 5.16 Å². The lowest BCUT2D eigenvalue weighted by Crippen LogP contribution is -2.23. The van der Waals surface area contributed by atoms with E-state index in [-0.39, 0.29) is 11.7 Å². The topological polar surface area (TPSA) is 125 Å². The van der Waals surface area contributed by atoms with Gasteiger partial charge in [-0.25, -0.2) is 9.38 Å². The van der Waals surface area contributed by atoms with E-state index in [0.29, 0.717) is 41.6 Å². The van der Waals surface area contributed by atoms with Crippen molar-refractivity contribution in [2.75, 3.05) is 52.8 Å². The summed E-state index contributed by atoms with van der Waals surface area (Å²) >= 11 is 1.27. The van der Waals surface area contributed by atoms with Crippen LogP contribution in [0, 0.1) is 0 Å². The summed E-state index contributed by atoms with van der Waals surface area (Å²) in [5.74, 6) is 2.37. The van der Waals surface area contributed by atoms with E-state index in [2.05, 4.69) is 59.8 Å². The molecule has 0 aromatic carbocycles. The molecule has 0 aliphatic heterocycles. The Morgan fingerprint density at radius 2 is 1.84 bits per heavy atom. The van der Waals surface area contributed by atoms with Crippen LogP contribution < -0.4 is 20.9 Å². The maximum absolute atomic E-state index is 12.4. The van der Waals surface area contributed by atoms with Gasteiger partial charge in [0.05, 0.1) is 17.6 Å². The minimum absolute atomic E-state index is 0.158. The van der Waals surface area contributed by atoms with Gasteiger partial charge in [-0.15, -0.1) is 10.2 Å². The predicted molar refractivity (Wildman–Crippen MR) is 124 cm³/mol. The second-order valence-electron chi connectivity index (χ2n) is 6.46. The molecule has 3 rings (SSSR count). The molecule has 11 nitrogen and oxygen atoms in total. The van der Waals surface area contributed by atoms with Crippen LogP contribution in [0.15, 0.2) is 23.5 Å².